The number of hydrogen-bond donors (Lipinski definition) is 1. The van der Waals surface area contributed by atoms with Crippen LogP contribution in [0.3, 0.4) is 0 Å². The largest absolute Gasteiger partial charge is 0.363 e. The number of nitrogens with one attached hydrogen (secondary N) is 1. The zero-order chi connectivity index (χ0) is 13.1. The molecule has 0 spiro atoms. The van der Waals surface area contributed by atoms with Gasteiger partial charge in [-0.2, -0.15) is 0 Å². The van der Waals surface area contributed by atoms with Crippen molar-refractivity contribution in [1.29, 1.82) is 0 Å². The molecular weight excluding hydrogens is 248 g/mol. The number of rotatable bonds is 3. The molecule has 0 amide bonds. The van der Waals surface area contributed by atoms with Crippen molar-refractivity contribution in [2.75, 3.05) is 5.32 Å². The highest BCUT2D eigenvalue weighted by Crippen LogP contribution is 2.20. The molecule has 2 rings (SSSR count). The summed E-state index contributed by atoms with van der Waals surface area (Å²) in [5, 5.41) is 11.6. The van der Waals surface area contributed by atoms with Gasteiger partial charge < -0.3 is 5.32 Å². The highest BCUT2D eigenvalue weighted by atomic mass is 35.5. The highest BCUT2D eigenvalue weighted by molar-refractivity contribution is 6.30. The highest BCUT2D eigenvalue weighted by Gasteiger charge is 2.07. The van der Waals surface area contributed by atoms with E-state index in [0.29, 0.717) is 11.7 Å². The summed E-state index contributed by atoms with van der Waals surface area (Å²) >= 11 is 5.91. The zero-order valence-corrected chi connectivity index (χ0v) is 11.4. The Bertz CT molecular complexity index is 569. The summed E-state index contributed by atoms with van der Waals surface area (Å²) in [6.07, 6.45) is 0. The van der Waals surface area contributed by atoms with Crippen molar-refractivity contribution < 1.29 is 0 Å². The van der Waals surface area contributed by atoms with Crippen LogP contribution in [0.2, 0.25) is 5.15 Å². The predicted molar refractivity (Wildman–Crippen MR) is 72.8 cm³/mol. The van der Waals surface area contributed by atoms with Crippen LogP contribution in [0.25, 0.3) is 0 Å². The van der Waals surface area contributed by atoms with Gasteiger partial charge >= 0.3 is 0 Å². The Morgan fingerprint density at radius 3 is 2.61 bits per heavy atom. The minimum atomic E-state index is 0.451. The second-order valence-electron chi connectivity index (χ2n) is 4.21. The molecule has 0 fully saturated rings. The molecule has 94 valence electrons. The van der Waals surface area contributed by atoms with E-state index in [0.717, 1.165) is 28.3 Å². The third-order valence-corrected chi connectivity index (χ3v) is 3.21. The van der Waals surface area contributed by atoms with Crippen molar-refractivity contribution in [2.45, 2.75) is 27.3 Å². The van der Waals surface area contributed by atoms with E-state index in [4.69, 9.17) is 11.6 Å². The van der Waals surface area contributed by atoms with Crippen LogP contribution in [0.4, 0.5) is 5.82 Å². The molecule has 2 aromatic heterocycles. The lowest BCUT2D eigenvalue weighted by Gasteiger charge is -2.10. The third kappa shape index (κ3) is 2.76. The van der Waals surface area contributed by atoms with E-state index in [1.807, 2.05) is 39.0 Å². The topological polar surface area (TPSA) is 50.7 Å². The van der Waals surface area contributed by atoms with Crippen LogP contribution in [-0.2, 0) is 6.54 Å². The van der Waals surface area contributed by atoms with Gasteiger partial charge in [-0.05, 0) is 44.0 Å². The summed E-state index contributed by atoms with van der Waals surface area (Å²) in [5.41, 5.74) is 3.95. The van der Waals surface area contributed by atoms with Gasteiger partial charge in [0.1, 0.15) is 0 Å². The molecule has 0 saturated carbocycles. The second-order valence-corrected chi connectivity index (χ2v) is 4.57. The van der Waals surface area contributed by atoms with Gasteiger partial charge in [0.2, 0.25) is 0 Å². The maximum absolute atomic E-state index is 5.91. The molecule has 0 aliphatic heterocycles. The summed E-state index contributed by atoms with van der Waals surface area (Å²) in [6.45, 7) is 6.50. The normalized spacial score (nSPS) is 10.4. The molecule has 2 heterocycles. The molecule has 2 aromatic rings. The molecule has 0 atom stereocenters. The Hall–Kier alpha value is -1.68. The Morgan fingerprint density at radius 2 is 1.89 bits per heavy atom. The Morgan fingerprint density at radius 1 is 1.11 bits per heavy atom. The smallest absolute Gasteiger partial charge is 0.155 e. The van der Waals surface area contributed by atoms with E-state index in [2.05, 4.69) is 20.5 Å². The van der Waals surface area contributed by atoms with Crippen molar-refractivity contribution in [3.05, 3.63) is 45.9 Å². The van der Waals surface area contributed by atoms with E-state index in [1.54, 1.807) is 0 Å². The maximum Gasteiger partial charge on any atom is 0.155 e. The molecule has 0 unspecified atom stereocenters. The third-order valence-electron chi connectivity index (χ3n) is 2.85. The molecule has 18 heavy (non-hydrogen) atoms. The fraction of sp³-hybridized carbons (Fsp3) is 0.308. The summed E-state index contributed by atoms with van der Waals surface area (Å²) in [6, 6.07) is 5.94. The van der Waals surface area contributed by atoms with Crippen molar-refractivity contribution in [1.82, 2.24) is 15.2 Å². The van der Waals surface area contributed by atoms with Gasteiger partial charge in [0.15, 0.2) is 11.0 Å². The van der Waals surface area contributed by atoms with Gasteiger partial charge in [0.25, 0.3) is 0 Å². The summed E-state index contributed by atoms with van der Waals surface area (Å²) in [4.78, 5) is 4.42. The van der Waals surface area contributed by atoms with Crippen LogP contribution < -0.4 is 5.32 Å². The first-order valence-electron chi connectivity index (χ1n) is 5.73. The SMILES string of the molecule is Cc1cccc(CNc2nnc(Cl)c(C)c2C)n1. The average molecular weight is 263 g/mol. The first-order valence-corrected chi connectivity index (χ1v) is 6.11. The molecule has 0 aliphatic rings. The Labute approximate surface area is 111 Å². The Kier molecular flexibility index (Phi) is 3.77. The minimum Gasteiger partial charge on any atom is -0.363 e. The van der Waals surface area contributed by atoms with Gasteiger partial charge in [0, 0.05) is 5.69 Å². The fourth-order valence-electron chi connectivity index (χ4n) is 1.62. The van der Waals surface area contributed by atoms with Gasteiger partial charge in [-0.3, -0.25) is 4.98 Å². The van der Waals surface area contributed by atoms with Gasteiger partial charge in [0.05, 0.1) is 12.2 Å². The molecule has 0 saturated heterocycles. The van der Waals surface area contributed by atoms with Crippen molar-refractivity contribution in [3.63, 3.8) is 0 Å². The van der Waals surface area contributed by atoms with Gasteiger partial charge in [-0.1, -0.05) is 17.7 Å². The number of aromatic nitrogens is 3. The molecule has 4 nitrogen and oxygen atoms in total. The first kappa shape index (κ1) is 12.8. The number of hydrogen-bond acceptors (Lipinski definition) is 4. The predicted octanol–water partition coefficient (Wildman–Crippen LogP) is 3.06. The molecule has 1 N–H and O–H groups in total. The lowest BCUT2D eigenvalue weighted by Crippen LogP contribution is -2.07. The lowest BCUT2D eigenvalue weighted by atomic mass is 10.2. The number of pyridine rings is 1. The number of halogens is 1. The van der Waals surface area contributed by atoms with E-state index in [9.17, 15) is 0 Å². The monoisotopic (exact) mass is 262 g/mol. The zero-order valence-electron chi connectivity index (χ0n) is 10.7. The second kappa shape index (κ2) is 5.31. The Balaban J connectivity index is 2.14. The van der Waals surface area contributed by atoms with E-state index in [-0.39, 0.29) is 0 Å². The summed E-state index contributed by atoms with van der Waals surface area (Å²) < 4.78 is 0. The molecule has 0 aliphatic carbocycles. The van der Waals surface area contributed by atoms with Gasteiger partial charge in [-0.25, -0.2) is 0 Å². The van der Waals surface area contributed by atoms with Crippen LogP contribution in [0.1, 0.15) is 22.5 Å². The summed E-state index contributed by atoms with van der Waals surface area (Å²) in [5.74, 6) is 0.750. The lowest BCUT2D eigenvalue weighted by molar-refractivity contribution is 0.949. The van der Waals surface area contributed by atoms with Crippen LogP contribution in [0.15, 0.2) is 18.2 Å². The van der Waals surface area contributed by atoms with E-state index in [1.165, 1.54) is 0 Å². The number of aryl methyl sites for hydroxylation is 1. The van der Waals surface area contributed by atoms with E-state index >= 15 is 0 Å². The van der Waals surface area contributed by atoms with Crippen LogP contribution in [0, 0.1) is 20.8 Å². The molecule has 0 radical (unpaired) electrons. The molecule has 0 aromatic carbocycles. The molecular formula is C13H15ClN4. The quantitative estimate of drug-likeness (QED) is 0.924. The van der Waals surface area contributed by atoms with Crippen molar-refractivity contribution >= 4 is 17.4 Å². The van der Waals surface area contributed by atoms with Crippen molar-refractivity contribution in [3.8, 4) is 0 Å². The van der Waals surface area contributed by atoms with Gasteiger partial charge in [-0.15, -0.1) is 10.2 Å². The van der Waals surface area contributed by atoms with Crippen molar-refractivity contribution in [2.24, 2.45) is 0 Å². The maximum atomic E-state index is 5.91. The fourth-order valence-corrected chi connectivity index (χ4v) is 1.80. The first-order chi connectivity index (χ1) is 8.58. The van der Waals surface area contributed by atoms with Crippen LogP contribution >= 0.6 is 11.6 Å². The molecule has 0 bridgehead atoms. The number of anilines is 1. The molecule has 5 heteroatoms. The van der Waals surface area contributed by atoms with Crippen LogP contribution in [-0.4, -0.2) is 15.2 Å². The van der Waals surface area contributed by atoms with Crippen LogP contribution in [0.5, 0.6) is 0 Å². The van der Waals surface area contributed by atoms with E-state index < -0.39 is 0 Å². The average Bonchev–Trinajstić information content (AvgIpc) is 2.35. The number of nitrogens with zero attached hydrogens (tertiary/aromatic N) is 3. The summed E-state index contributed by atoms with van der Waals surface area (Å²) in [7, 11) is 0. The standard InChI is InChI=1S/C13H15ClN4/c1-8-5-4-6-11(16-8)7-15-13-10(3)9(2)12(14)17-18-13/h4-6H,7H2,1-3H3,(H,15,18). The minimum absolute atomic E-state index is 0.451.